The minimum absolute atomic E-state index is 0.194. The molecule has 88 valence electrons. The van der Waals surface area contributed by atoms with Crippen LogP contribution >= 0.6 is 0 Å². The molecule has 0 unspecified atom stereocenters. The van der Waals surface area contributed by atoms with Crippen molar-refractivity contribution < 1.29 is 14.3 Å². The molecule has 0 radical (unpaired) electrons. The number of anilines is 2. The lowest BCUT2D eigenvalue weighted by molar-refractivity contribution is 0.168. The van der Waals surface area contributed by atoms with Gasteiger partial charge in [0.2, 0.25) is 5.88 Å². The van der Waals surface area contributed by atoms with E-state index in [0.717, 1.165) is 0 Å². The molecule has 1 aromatic rings. The van der Waals surface area contributed by atoms with Crippen LogP contribution < -0.4 is 15.8 Å². The van der Waals surface area contributed by atoms with Gasteiger partial charge in [-0.15, -0.1) is 0 Å². The lowest BCUT2D eigenvalue weighted by atomic mass is 10.4. The molecule has 0 aromatic carbocycles. The Morgan fingerprint density at radius 1 is 1.44 bits per heavy atom. The van der Waals surface area contributed by atoms with Crippen molar-refractivity contribution in [3.63, 3.8) is 0 Å². The van der Waals surface area contributed by atoms with Gasteiger partial charge in [0, 0.05) is 6.07 Å². The number of hydrogen-bond donors (Lipinski definition) is 2. The minimum atomic E-state index is -0.555. The fourth-order valence-electron chi connectivity index (χ4n) is 1.07. The van der Waals surface area contributed by atoms with E-state index in [1.165, 1.54) is 0 Å². The van der Waals surface area contributed by atoms with Gasteiger partial charge >= 0.3 is 6.09 Å². The van der Waals surface area contributed by atoms with E-state index < -0.39 is 6.09 Å². The van der Waals surface area contributed by atoms with Crippen LogP contribution in [0.5, 0.6) is 5.88 Å². The van der Waals surface area contributed by atoms with Crippen LogP contribution in [0.1, 0.15) is 13.8 Å². The lowest BCUT2D eigenvalue weighted by Gasteiger charge is -2.08. The van der Waals surface area contributed by atoms with Gasteiger partial charge < -0.3 is 15.2 Å². The topological polar surface area (TPSA) is 86.5 Å². The maximum Gasteiger partial charge on any atom is 0.411 e. The highest BCUT2D eigenvalue weighted by Crippen LogP contribution is 2.19. The summed E-state index contributed by atoms with van der Waals surface area (Å²) in [6.07, 6.45) is -0.555. The van der Waals surface area contributed by atoms with Crippen LogP contribution in [0.3, 0.4) is 0 Å². The maximum absolute atomic E-state index is 11.1. The summed E-state index contributed by atoms with van der Waals surface area (Å²) >= 11 is 0. The first-order valence-corrected chi connectivity index (χ1v) is 5.00. The van der Waals surface area contributed by atoms with Crippen molar-refractivity contribution in [1.29, 1.82) is 0 Å². The van der Waals surface area contributed by atoms with E-state index >= 15 is 0 Å². The second kappa shape index (κ2) is 5.79. The predicted molar refractivity (Wildman–Crippen MR) is 60.5 cm³/mol. The SMILES string of the molecule is CCOC(=O)Nc1ccc(OCC)nc1N. The summed E-state index contributed by atoms with van der Waals surface area (Å²) in [6, 6.07) is 3.24. The van der Waals surface area contributed by atoms with Crippen molar-refractivity contribution in [2.24, 2.45) is 0 Å². The first kappa shape index (κ1) is 12.1. The van der Waals surface area contributed by atoms with Gasteiger partial charge in [0.25, 0.3) is 0 Å². The third-order valence-corrected chi connectivity index (χ3v) is 1.70. The number of amides is 1. The predicted octanol–water partition coefficient (Wildman–Crippen LogP) is 1.63. The minimum Gasteiger partial charge on any atom is -0.478 e. The molecule has 1 aromatic heterocycles. The van der Waals surface area contributed by atoms with Crippen LogP contribution in [0, 0.1) is 0 Å². The van der Waals surface area contributed by atoms with Gasteiger partial charge in [0.1, 0.15) is 0 Å². The number of ether oxygens (including phenoxy) is 2. The van der Waals surface area contributed by atoms with Gasteiger partial charge in [-0.2, -0.15) is 4.98 Å². The number of hydrogen-bond acceptors (Lipinski definition) is 5. The normalized spacial score (nSPS) is 9.62. The maximum atomic E-state index is 11.1. The summed E-state index contributed by atoms with van der Waals surface area (Å²) in [4.78, 5) is 15.1. The molecule has 1 amide bonds. The average Bonchev–Trinajstić information content (AvgIpc) is 2.23. The van der Waals surface area contributed by atoms with Crippen LogP contribution in [0.25, 0.3) is 0 Å². The zero-order valence-electron chi connectivity index (χ0n) is 9.32. The van der Waals surface area contributed by atoms with Crippen molar-refractivity contribution in [2.45, 2.75) is 13.8 Å². The third-order valence-electron chi connectivity index (χ3n) is 1.70. The number of carbonyl (C=O) groups excluding carboxylic acids is 1. The highest BCUT2D eigenvalue weighted by Gasteiger charge is 2.07. The largest absolute Gasteiger partial charge is 0.478 e. The summed E-state index contributed by atoms with van der Waals surface area (Å²) in [5.41, 5.74) is 6.04. The molecule has 1 rings (SSSR count). The van der Waals surface area contributed by atoms with Gasteiger partial charge in [-0.3, -0.25) is 5.32 Å². The molecule has 1 heterocycles. The summed E-state index contributed by atoms with van der Waals surface area (Å²) in [6.45, 7) is 4.38. The summed E-state index contributed by atoms with van der Waals surface area (Å²) in [5.74, 6) is 0.619. The van der Waals surface area contributed by atoms with E-state index in [1.54, 1.807) is 19.1 Å². The van der Waals surface area contributed by atoms with E-state index in [9.17, 15) is 4.79 Å². The second-order valence-corrected chi connectivity index (χ2v) is 2.86. The molecular weight excluding hydrogens is 210 g/mol. The fraction of sp³-hybridized carbons (Fsp3) is 0.400. The molecule has 0 aliphatic heterocycles. The molecule has 16 heavy (non-hydrogen) atoms. The summed E-state index contributed by atoms with van der Waals surface area (Å²) in [7, 11) is 0. The molecular formula is C10H15N3O3. The van der Waals surface area contributed by atoms with E-state index in [2.05, 4.69) is 10.3 Å². The smallest absolute Gasteiger partial charge is 0.411 e. The molecule has 0 saturated carbocycles. The van der Waals surface area contributed by atoms with Crippen molar-refractivity contribution in [3.8, 4) is 5.88 Å². The zero-order valence-corrected chi connectivity index (χ0v) is 9.32. The molecule has 0 spiro atoms. The number of nitrogens with one attached hydrogen (secondary N) is 1. The standard InChI is InChI=1S/C10H15N3O3/c1-3-15-8-6-5-7(9(11)13-8)12-10(14)16-4-2/h5-6H,3-4H2,1-2H3,(H2,11,13)(H,12,14). The average molecular weight is 225 g/mol. The van der Waals surface area contributed by atoms with Gasteiger partial charge in [0.05, 0.1) is 18.9 Å². The van der Waals surface area contributed by atoms with Gasteiger partial charge in [0.15, 0.2) is 5.82 Å². The van der Waals surface area contributed by atoms with Crippen LogP contribution in [-0.4, -0.2) is 24.3 Å². The van der Waals surface area contributed by atoms with Crippen molar-refractivity contribution in [1.82, 2.24) is 4.98 Å². The number of nitrogen functional groups attached to an aromatic ring is 1. The Labute approximate surface area is 93.8 Å². The quantitative estimate of drug-likeness (QED) is 0.813. The fourth-order valence-corrected chi connectivity index (χ4v) is 1.07. The van der Waals surface area contributed by atoms with Crippen molar-refractivity contribution in [2.75, 3.05) is 24.3 Å². The Morgan fingerprint density at radius 2 is 2.19 bits per heavy atom. The van der Waals surface area contributed by atoms with Crippen molar-refractivity contribution in [3.05, 3.63) is 12.1 Å². The molecule has 0 aliphatic carbocycles. The number of nitrogens with zero attached hydrogens (tertiary/aromatic N) is 1. The molecule has 0 saturated heterocycles. The van der Waals surface area contributed by atoms with Gasteiger partial charge in [-0.1, -0.05) is 0 Å². The van der Waals surface area contributed by atoms with Crippen LogP contribution in [-0.2, 0) is 4.74 Å². The molecule has 0 aliphatic rings. The first-order valence-electron chi connectivity index (χ1n) is 5.00. The molecule has 0 fully saturated rings. The van der Waals surface area contributed by atoms with Crippen molar-refractivity contribution >= 4 is 17.6 Å². The van der Waals surface area contributed by atoms with Crippen LogP contribution in [0.2, 0.25) is 0 Å². The number of rotatable bonds is 4. The van der Waals surface area contributed by atoms with E-state index in [1.807, 2.05) is 6.92 Å². The van der Waals surface area contributed by atoms with E-state index in [4.69, 9.17) is 15.2 Å². The monoisotopic (exact) mass is 225 g/mol. The summed E-state index contributed by atoms with van der Waals surface area (Å²) in [5, 5.41) is 2.48. The highest BCUT2D eigenvalue weighted by molar-refractivity contribution is 5.88. The lowest BCUT2D eigenvalue weighted by Crippen LogP contribution is -2.15. The highest BCUT2D eigenvalue weighted by atomic mass is 16.5. The number of nitrogens with two attached hydrogens (primary N) is 1. The number of pyridine rings is 1. The Balaban J connectivity index is 2.71. The third kappa shape index (κ3) is 3.30. The molecule has 6 nitrogen and oxygen atoms in total. The number of aromatic nitrogens is 1. The molecule has 3 N–H and O–H groups in total. The summed E-state index contributed by atoms with van der Waals surface area (Å²) < 4.78 is 9.87. The Hall–Kier alpha value is -1.98. The Kier molecular flexibility index (Phi) is 4.38. The second-order valence-electron chi connectivity index (χ2n) is 2.86. The van der Waals surface area contributed by atoms with Gasteiger partial charge in [-0.25, -0.2) is 4.79 Å². The number of carbonyl (C=O) groups is 1. The zero-order chi connectivity index (χ0) is 12.0. The molecule has 0 atom stereocenters. The molecule has 6 heteroatoms. The van der Waals surface area contributed by atoms with Crippen LogP contribution in [0.15, 0.2) is 12.1 Å². The van der Waals surface area contributed by atoms with Gasteiger partial charge in [-0.05, 0) is 19.9 Å². The van der Waals surface area contributed by atoms with E-state index in [-0.39, 0.29) is 5.82 Å². The Morgan fingerprint density at radius 3 is 2.75 bits per heavy atom. The van der Waals surface area contributed by atoms with E-state index in [0.29, 0.717) is 24.8 Å². The first-order chi connectivity index (χ1) is 7.67. The van der Waals surface area contributed by atoms with Crippen LogP contribution in [0.4, 0.5) is 16.3 Å². The molecule has 0 bridgehead atoms. The Bertz CT molecular complexity index is 368.